The van der Waals surface area contributed by atoms with E-state index < -0.39 is 0 Å². The second kappa shape index (κ2) is 10.5. The number of amides is 1. The van der Waals surface area contributed by atoms with E-state index in [0.717, 1.165) is 39.1 Å². The van der Waals surface area contributed by atoms with E-state index in [1.165, 1.54) is 25.5 Å². The number of ether oxygens (including phenoxy) is 2. The molecule has 3 rings (SSSR count). The van der Waals surface area contributed by atoms with Crippen LogP contribution in [-0.2, 0) is 0 Å². The van der Waals surface area contributed by atoms with Gasteiger partial charge in [-0.2, -0.15) is 0 Å². The Kier molecular flexibility index (Phi) is 7.82. The van der Waals surface area contributed by atoms with Crippen molar-refractivity contribution in [2.45, 2.75) is 13.3 Å². The fourth-order valence-electron chi connectivity index (χ4n) is 3.71. The summed E-state index contributed by atoms with van der Waals surface area (Å²) in [7, 11) is 3.04. The molecule has 1 N–H and O–H groups in total. The Labute approximate surface area is 183 Å². The Morgan fingerprint density at radius 2 is 1.87 bits per heavy atom. The van der Waals surface area contributed by atoms with E-state index in [1.54, 1.807) is 12.1 Å². The molecule has 0 unspecified atom stereocenters. The zero-order valence-electron chi connectivity index (χ0n) is 17.9. The third-order valence-electron chi connectivity index (χ3n) is 5.37. The van der Waals surface area contributed by atoms with Crippen molar-refractivity contribution in [2.75, 3.05) is 58.4 Å². The smallest absolute Gasteiger partial charge is 0.251 e. The van der Waals surface area contributed by atoms with E-state index in [4.69, 9.17) is 21.1 Å². The maximum absolute atomic E-state index is 12.5. The van der Waals surface area contributed by atoms with E-state index in [0.29, 0.717) is 28.6 Å². The van der Waals surface area contributed by atoms with Crippen molar-refractivity contribution < 1.29 is 14.3 Å². The van der Waals surface area contributed by atoms with Crippen LogP contribution in [0.4, 0.5) is 5.69 Å². The number of nitrogens with one attached hydrogen (secondary N) is 1. The third kappa shape index (κ3) is 5.58. The Hall–Kier alpha value is -2.44. The van der Waals surface area contributed by atoms with Gasteiger partial charge in [0.1, 0.15) is 0 Å². The minimum atomic E-state index is -0.165. The van der Waals surface area contributed by atoms with Gasteiger partial charge in [-0.25, -0.2) is 0 Å². The highest BCUT2D eigenvalue weighted by molar-refractivity contribution is 6.32. The molecule has 0 atom stereocenters. The molecule has 1 aliphatic heterocycles. The van der Waals surface area contributed by atoms with Crippen LogP contribution in [0.3, 0.4) is 0 Å². The van der Waals surface area contributed by atoms with Gasteiger partial charge < -0.3 is 19.7 Å². The first kappa shape index (κ1) is 22.2. The van der Waals surface area contributed by atoms with Gasteiger partial charge in [0.05, 0.1) is 19.2 Å². The number of carbonyl (C=O) groups is 1. The maximum Gasteiger partial charge on any atom is 0.251 e. The van der Waals surface area contributed by atoms with Crippen molar-refractivity contribution in [2.24, 2.45) is 0 Å². The lowest BCUT2D eigenvalue weighted by Gasteiger charge is -2.36. The molecule has 0 spiro atoms. The van der Waals surface area contributed by atoms with Gasteiger partial charge in [-0.3, -0.25) is 9.69 Å². The minimum Gasteiger partial charge on any atom is -0.493 e. The lowest BCUT2D eigenvalue weighted by molar-refractivity contribution is 0.0951. The molecular formula is C23H30ClN3O3. The van der Waals surface area contributed by atoms with Crippen molar-refractivity contribution in [3.63, 3.8) is 0 Å². The molecule has 0 saturated carbocycles. The molecule has 0 radical (unpaired) electrons. The van der Waals surface area contributed by atoms with Crippen LogP contribution in [0.15, 0.2) is 36.4 Å². The maximum atomic E-state index is 12.5. The van der Waals surface area contributed by atoms with Gasteiger partial charge in [-0.1, -0.05) is 23.7 Å². The van der Waals surface area contributed by atoms with E-state index in [-0.39, 0.29) is 5.91 Å². The molecule has 1 heterocycles. The number of aryl methyl sites for hydroxylation is 1. The van der Waals surface area contributed by atoms with Crippen LogP contribution in [0.1, 0.15) is 22.3 Å². The zero-order chi connectivity index (χ0) is 21.5. The standard InChI is InChI=1S/C23H30ClN3O3/c1-17-6-4-7-19(14-17)27-12-10-26(11-13-27)9-5-8-25-23(28)18-15-20(24)22(30-3)21(16-18)29-2/h4,6-7,14-16H,5,8-13H2,1-3H3,(H,25,28). The van der Waals surface area contributed by atoms with Crippen LogP contribution in [0.5, 0.6) is 11.5 Å². The second-order valence-electron chi connectivity index (χ2n) is 7.47. The van der Waals surface area contributed by atoms with Crippen LogP contribution < -0.4 is 19.7 Å². The number of methoxy groups -OCH3 is 2. The first-order valence-electron chi connectivity index (χ1n) is 10.3. The molecule has 1 saturated heterocycles. The number of hydrogen-bond donors (Lipinski definition) is 1. The van der Waals surface area contributed by atoms with Crippen molar-refractivity contribution in [3.8, 4) is 11.5 Å². The van der Waals surface area contributed by atoms with E-state index >= 15 is 0 Å². The fraction of sp³-hybridized carbons (Fsp3) is 0.435. The number of carbonyl (C=O) groups excluding carboxylic acids is 1. The number of hydrogen-bond acceptors (Lipinski definition) is 5. The summed E-state index contributed by atoms with van der Waals surface area (Å²) in [6.45, 7) is 7.84. The highest BCUT2D eigenvalue weighted by Crippen LogP contribution is 2.35. The quantitative estimate of drug-likeness (QED) is 0.647. The molecule has 162 valence electrons. The van der Waals surface area contributed by atoms with Crippen molar-refractivity contribution in [1.82, 2.24) is 10.2 Å². The molecule has 30 heavy (non-hydrogen) atoms. The SMILES string of the molecule is COc1cc(C(=O)NCCCN2CCN(c3cccc(C)c3)CC2)cc(Cl)c1OC. The average Bonchev–Trinajstić information content (AvgIpc) is 2.76. The number of rotatable bonds is 8. The van der Waals surface area contributed by atoms with Gasteiger partial charge in [-0.15, -0.1) is 0 Å². The molecule has 1 aliphatic rings. The van der Waals surface area contributed by atoms with Crippen molar-refractivity contribution in [1.29, 1.82) is 0 Å². The summed E-state index contributed by atoms with van der Waals surface area (Å²) in [6, 6.07) is 11.9. The normalized spacial score (nSPS) is 14.5. The Morgan fingerprint density at radius 3 is 2.53 bits per heavy atom. The first-order chi connectivity index (χ1) is 14.5. The molecule has 0 aliphatic carbocycles. The highest BCUT2D eigenvalue weighted by Gasteiger charge is 2.18. The molecule has 6 nitrogen and oxygen atoms in total. The van der Waals surface area contributed by atoms with E-state index in [9.17, 15) is 4.79 Å². The molecule has 0 aromatic heterocycles. The van der Waals surface area contributed by atoms with Gasteiger partial charge in [0.2, 0.25) is 0 Å². The lowest BCUT2D eigenvalue weighted by atomic mass is 10.1. The van der Waals surface area contributed by atoms with Crippen LogP contribution in [0, 0.1) is 6.92 Å². The van der Waals surface area contributed by atoms with Gasteiger partial charge in [0, 0.05) is 44.0 Å². The third-order valence-corrected chi connectivity index (χ3v) is 5.65. The minimum absolute atomic E-state index is 0.165. The molecule has 1 amide bonds. The Bertz CT molecular complexity index is 867. The monoisotopic (exact) mass is 431 g/mol. The van der Waals surface area contributed by atoms with Crippen LogP contribution >= 0.6 is 11.6 Å². The predicted molar refractivity (Wildman–Crippen MR) is 121 cm³/mol. The number of anilines is 1. The summed E-state index contributed by atoms with van der Waals surface area (Å²) >= 11 is 6.19. The molecule has 0 bridgehead atoms. The summed E-state index contributed by atoms with van der Waals surface area (Å²) in [5.41, 5.74) is 3.06. The Balaban J connectivity index is 1.41. The van der Waals surface area contributed by atoms with Crippen molar-refractivity contribution in [3.05, 3.63) is 52.5 Å². The highest BCUT2D eigenvalue weighted by atomic mass is 35.5. The van der Waals surface area contributed by atoms with Crippen LogP contribution in [-0.4, -0.2) is 64.3 Å². The summed E-state index contributed by atoms with van der Waals surface area (Å²) in [6.07, 6.45) is 0.900. The predicted octanol–water partition coefficient (Wildman–Crippen LogP) is 3.61. The first-order valence-corrected chi connectivity index (χ1v) is 10.6. The molecule has 1 fully saturated rings. The average molecular weight is 432 g/mol. The number of nitrogens with zero attached hydrogens (tertiary/aromatic N) is 2. The van der Waals surface area contributed by atoms with E-state index in [1.807, 2.05) is 0 Å². The van der Waals surface area contributed by atoms with Crippen LogP contribution in [0.25, 0.3) is 0 Å². The molecule has 2 aromatic carbocycles. The van der Waals surface area contributed by atoms with Gasteiger partial charge in [0.25, 0.3) is 5.91 Å². The number of piperazine rings is 1. The van der Waals surface area contributed by atoms with Crippen molar-refractivity contribution >= 4 is 23.2 Å². The van der Waals surface area contributed by atoms with E-state index in [2.05, 4.69) is 46.3 Å². The van der Waals surface area contributed by atoms with Gasteiger partial charge in [-0.05, 0) is 49.7 Å². The number of benzene rings is 2. The molecular weight excluding hydrogens is 402 g/mol. The summed E-state index contributed by atoms with van der Waals surface area (Å²) in [5, 5.41) is 3.32. The second-order valence-corrected chi connectivity index (χ2v) is 7.88. The largest absolute Gasteiger partial charge is 0.493 e. The fourth-order valence-corrected chi connectivity index (χ4v) is 4.00. The van der Waals surface area contributed by atoms with Gasteiger partial charge >= 0.3 is 0 Å². The lowest BCUT2D eigenvalue weighted by Crippen LogP contribution is -2.47. The Morgan fingerprint density at radius 1 is 1.10 bits per heavy atom. The van der Waals surface area contributed by atoms with Gasteiger partial charge in [0.15, 0.2) is 11.5 Å². The summed E-state index contributed by atoms with van der Waals surface area (Å²) < 4.78 is 10.5. The zero-order valence-corrected chi connectivity index (χ0v) is 18.7. The van der Waals surface area contributed by atoms with Crippen LogP contribution in [0.2, 0.25) is 5.02 Å². The summed E-state index contributed by atoms with van der Waals surface area (Å²) in [4.78, 5) is 17.3. The topological polar surface area (TPSA) is 54.0 Å². The molecule has 7 heteroatoms. The summed E-state index contributed by atoms with van der Waals surface area (Å²) in [5.74, 6) is 0.712. The number of halogens is 1. The molecule has 2 aromatic rings.